The molecule has 0 spiro atoms. The van der Waals surface area contributed by atoms with Crippen molar-refractivity contribution in [1.29, 1.82) is 0 Å². The van der Waals surface area contributed by atoms with Crippen LogP contribution in [0.25, 0.3) is 10.9 Å². The van der Waals surface area contributed by atoms with Gasteiger partial charge in [-0.15, -0.1) is 0 Å². The lowest BCUT2D eigenvalue weighted by Crippen LogP contribution is -2.16. The number of nitrogens with one attached hydrogen (secondary N) is 2. The van der Waals surface area contributed by atoms with Crippen molar-refractivity contribution in [2.24, 2.45) is 0 Å². The smallest absolute Gasteiger partial charge is 0.253 e. The lowest BCUT2D eigenvalue weighted by Gasteiger charge is -2.19. The van der Waals surface area contributed by atoms with Crippen molar-refractivity contribution >= 4 is 16.6 Å². The Kier molecular flexibility index (Phi) is 5.40. The molecule has 0 aliphatic carbocycles. The number of hydrogen-bond acceptors (Lipinski definition) is 4. The van der Waals surface area contributed by atoms with E-state index in [-0.39, 0.29) is 11.5 Å². The van der Waals surface area contributed by atoms with Crippen LogP contribution in [0.5, 0.6) is 11.5 Å². The Morgan fingerprint density at radius 2 is 1.85 bits per heavy atom. The second-order valence-electron chi connectivity index (χ2n) is 7.02. The number of anilines is 1. The maximum absolute atomic E-state index is 12.5. The number of hydrogen-bond donors (Lipinski definition) is 2. The molecule has 0 fully saturated rings. The molecule has 0 atom stereocenters. The van der Waals surface area contributed by atoms with Crippen molar-refractivity contribution in [3.8, 4) is 11.5 Å². The summed E-state index contributed by atoms with van der Waals surface area (Å²) >= 11 is 0. The van der Waals surface area contributed by atoms with Crippen molar-refractivity contribution in [3.05, 3.63) is 63.4 Å². The highest BCUT2D eigenvalue weighted by molar-refractivity contribution is 5.79. The minimum atomic E-state index is -0.0857. The van der Waals surface area contributed by atoms with Crippen LogP contribution in [-0.2, 0) is 6.54 Å². The van der Waals surface area contributed by atoms with Crippen molar-refractivity contribution in [2.45, 2.75) is 33.2 Å². The molecule has 3 rings (SSSR count). The number of benzene rings is 2. The number of rotatable bonds is 6. The van der Waals surface area contributed by atoms with Gasteiger partial charge >= 0.3 is 0 Å². The van der Waals surface area contributed by atoms with Gasteiger partial charge in [-0.2, -0.15) is 0 Å². The highest BCUT2D eigenvalue weighted by Crippen LogP contribution is 2.37. The maximum atomic E-state index is 12.5. The van der Waals surface area contributed by atoms with Crippen molar-refractivity contribution in [3.63, 3.8) is 0 Å². The summed E-state index contributed by atoms with van der Waals surface area (Å²) in [5.74, 6) is 1.72. The first-order valence-electron chi connectivity index (χ1n) is 9.05. The number of aryl methyl sites for hydroxylation is 1. The summed E-state index contributed by atoms with van der Waals surface area (Å²) < 4.78 is 10.9. The molecule has 5 heteroatoms. The molecular formula is C22H26N2O3. The minimum Gasteiger partial charge on any atom is -0.497 e. The summed E-state index contributed by atoms with van der Waals surface area (Å²) in [7, 11) is 3.28. The zero-order valence-corrected chi connectivity index (χ0v) is 16.5. The van der Waals surface area contributed by atoms with Crippen LogP contribution in [-0.4, -0.2) is 19.2 Å². The Labute approximate surface area is 159 Å². The molecule has 27 heavy (non-hydrogen) atoms. The summed E-state index contributed by atoms with van der Waals surface area (Å²) in [6.07, 6.45) is 0. The van der Waals surface area contributed by atoms with Gasteiger partial charge in [0.2, 0.25) is 0 Å². The molecule has 1 aromatic heterocycles. The van der Waals surface area contributed by atoms with Gasteiger partial charge in [0.05, 0.1) is 19.9 Å². The van der Waals surface area contributed by atoms with Crippen molar-refractivity contribution in [2.75, 3.05) is 19.5 Å². The third kappa shape index (κ3) is 3.92. The van der Waals surface area contributed by atoms with Gasteiger partial charge in [0.1, 0.15) is 11.5 Å². The predicted octanol–water partition coefficient (Wildman–Crippen LogP) is 4.59. The first-order valence-corrected chi connectivity index (χ1v) is 9.05. The topological polar surface area (TPSA) is 63.4 Å². The van der Waals surface area contributed by atoms with E-state index >= 15 is 0 Å². The lowest BCUT2D eigenvalue weighted by atomic mass is 9.99. The Bertz CT molecular complexity index is 1020. The van der Waals surface area contributed by atoms with E-state index in [0.717, 1.165) is 33.5 Å². The number of methoxy groups -OCH3 is 2. The molecule has 0 amide bonds. The van der Waals surface area contributed by atoms with Crippen LogP contribution in [0, 0.1) is 6.92 Å². The molecular weight excluding hydrogens is 340 g/mol. The van der Waals surface area contributed by atoms with E-state index in [4.69, 9.17) is 9.47 Å². The Morgan fingerprint density at radius 1 is 1.07 bits per heavy atom. The first-order chi connectivity index (χ1) is 12.9. The van der Waals surface area contributed by atoms with E-state index in [1.807, 2.05) is 37.3 Å². The zero-order chi connectivity index (χ0) is 19.6. The van der Waals surface area contributed by atoms with Gasteiger partial charge in [-0.1, -0.05) is 25.5 Å². The summed E-state index contributed by atoms with van der Waals surface area (Å²) in [6.45, 7) is 6.68. The number of ether oxygens (including phenoxy) is 2. The van der Waals surface area contributed by atoms with Crippen LogP contribution < -0.4 is 20.3 Å². The summed E-state index contributed by atoms with van der Waals surface area (Å²) in [6, 6.07) is 11.8. The molecule has 2 N–H and O–H groups in total. The third-order valence-electron chi connectivity index (χ3n) is 4.72. The Hall–Kier alpha value is -2.95. The van der Waals surface area contributed by atoms with Gasteiger partial charge in [0.25, 0.3) is 5.56 Å². The summed E-state index contributed by atoms with van der Waals surface area (Å²) in [5.41, 5.74) is 4.57. The number of aromatic nitrogens is 1. The van der Waals surface area contributed by atoms with Gasteiger partial charge < -0.3 is 19.8 Å². The van der Waals surface area contributed by atoms with E-state index in [2.05, 4.69) is 30.2 Å². The highest BCUT2D eigenvalue weighted by Gasteiger charge is 2.15. The molecule has 5 nitrogen and oxygen atoms in total. The maximum Gasteiger partial charge on any atom is 0.253 e. The Morgan fingerprint density at radius 3 is 2.52 bits per heavy atom. The Balaban J connectivity index is 1.98. The number of pyridine rings is 1. The standard InChI is InChI=1S/C22H26N2O3/c1-13(2)18-10-17(26-4)11-20(27-5)21(18)23-12-16-9-15-8-14(3)6-7-19(15)24-22(16)25/h6-11,13,23H,12H2,1-5H3,(H,24,25). The SMILES string of the molecule is COc1cc(OC)c(NCc2cc3cc(C)ccc3[nH]c2=O)c(C(C)C)c1. The third-order valence-corrected chi connectivity index (χ3v) is 4.72. The molecule has 142 valence electrons. The molecule has 0 saturated carbocycles. The molecule has 0 saturated heterocycles. The van der Waals surface area contributed by atoms with Crippen LogP contribution >= 0.6 is 0 Å². The normalized spacial score (nSPS) is 11.0. The first kappa shape index (κ1) is 18.8. The fraction of sp³-hybridized carbons (Fsp3) is 0.318. The quantitative estimate of drug-likeness (QED) is 0.670. The minimum absolute atomic E-state index is 0.0857. The van der Waals surface area contributed by atoms with Crippen LogP contribution in [0.15, 0.2) is 41.2 Å². The summed E-state index contributed by atoms with van der Waals surface area (Å²) in [5, 5.41) is 4.43. The fourth-order valence-electron chi connectivity index (χ4n) is 3.22. The van der Waals surface area contributed by atoms with E-state index in [9.17, 15) is 4.79 Å². The number of H-pyrrole nitrogens is 1. The van der Waals surface area contributed by atoms with Crippen LogP contribution in [0.2, 0.25) is 0 Å². The predicted molar refractivity (Wildman–Crippen MR) is 110 cm³/mol. The second kappa shape index (κ2) is 7.74. The summed E-state index contributed by atoms with van der Waals surface area (Å²) in [4.78, 5) is 15.4. The average Bonchev–Trinajstić information content (AvgIpc) is 2.65. The van der Waals surface area contributed by atoms with E-state index in [1.165, 1.54) is 0 Å². The monoisotopic (exact) mass is 366 g/mol. The van der Waals surface area contributed by atoms with Crippen LogP contribution in [0.1, 0.15) is 36.5 Å². The van der Waals surface area contributed by atoms with Crippen molar-refractivity contribution < 1.29 is 9.47 Å². The largest absolute Gasteiger partial charge is 0.497 e. The van der Waals surface area contributed by atoms with Gasteiger partial charge in [0.15, 0.2) is 0 Å². The molecule has 0 radical (unpaired) electrons. The molecule has 0 unspecified atom stereocenters. The van der Waals surface area contributed by atoms with Crippen molar-refractivity contribution in [1.82, 2.24) is 4.98 Å². The second-order valence-corrected chi connectivity index (χ2v) is 7.02. The van der Waals surface area contributed by atoms with Gasteiger partial charge in [-0.05, 0) is 48.1 Å². The molecule has 3 aromatic rings. The van der Waals surface area contributed by atoms with Crippen LogP contribution in [0.3, 0.4) is 0 Å². The molecule has 1 heterocycles. The molecule has 2 aromatic carbocycles. The molecule has 0 bridgehead atoms. The zero-order valence-electron chi connectivity index (χ0n) is 16.5. The van der Waals surface area contributed by atoms with Crippen LogP contribution in [0.4, 0.5) is 5.69 Å². The fourth-order valence-corrected chi connectivity index (χ4v) is 3.22. The molecule has 0 aliphatic heterocycles. The van der Waals surface area contributed by atoms with Gasteiger partial charge in [-0.3, -0.25) is 4.79 Å². The number of fused-ring (bicyclic) bond motifs is 1. The average molecular weight is 366 g/mol. The number of aromatic amines is 1. The van der Waals surface area contributed by atoms with E-state index in [0.29, 0.717) is 17.9 Å². The van der Waals surface area contributed by atoms with Gasteiger partial charge in [0, 0.05) is 23.7 Å². The van der Waals surface area contributed by atoms with Gasteiger partial charge in [-0.25, -0.2) is 0 Å². The highest BCUT2D eigenvalue weighted by atomic mass is 16.5. The molecule has 0 aliphatic rings. The lowest BCUT2D eigenvalue weighted by molar-refractivity contribution is 0.394. The van der Waals surface area contributed by atoms with E-state index < -0.39 is 0 Å². The van der Waals surface area contributed by atoms with E-state index in [1.54, 1.807) is 14.2 Å².